The van der Waals surface area contributed by atoms with E-state index in [1.165, 1.54) is 0 Å². The van der Waals surface area contributed by atoms with Crippen LogP contribution in [0, 0.1) is 12.8 Å². The fraction of sp³-hybridized carbons (Fsp3) is 0.571. The molecule has 0 fully saturated rings. The predicted molar refractivity (Wildman–Crippen MR) is 80.2 cm³/mol. The maximum Gasteiger partial charge on any atom is 0.0499 e. The highest BCUT2D eigenvalue weighted by Gasteiger charge is 2.19. The van der Waals surface area contributed by atoms with Crippen LogP contribution in [0.25, 0.3) is 0 Å². The molecule has 102 valence electrons. The number of rotatable bonds is 5. The number of aliphatic hydroxyl groups is 1. The van der Waals surface area contributed by atoms with E-state index in [2.05, 4.69) is 0 Å². The van der Waals surface area contributed by atoms with Crippen LogP contribution < -0.4 is 0 Å². The second-order valence-electron chi connectivity index (χ2n) is 4.54. The van der Waals surface area contributed by atoms with Crippen LogP contribution in [0.5, 0.6) is 0 Å². The van der Waals surface area contributed by atoms with E-state index in [1.807, 2.05) is 20.8 Å². The third-order valence-electron chi connectivity index (χ3n) is 3.40. The van der Waals surface area contributed by atoms with Gasteiger partial charge < -0.3 is 5.11 Å². The predicted octanol–water partition coefficient (Wildman–Crippen LogP) is 5.08. The van der Waals surface area contributed by atoms with Crippen molar-refractivity contribution in [1.82, 2.24) is 0 Å². The number of aliphatic hydroxyl groups excluding tert-OH is 1. The van der Waals surface area contributed by atoms with E-state index in [0.29, 0.717) is 21.5 Å². The molecule has 1 unspecified atom stereocenters. The molecule has 0 aromatic heterocycles. The summed E-state index contributed by atoms with van der Waals surface area (Å²) in [5, 5.41) is 11.3. The summed E-state index contributed by atoms with van der Waals surface area (Å²) in [6, 6.07) is 0. The van der Waals surface area contributed by atoms with Gasteiger partial charge in [0.2, 0.25) is 0 Å². The summed E-state index contributed by atoms with van der Waals surface area (Å²) in [4.78, 5) is 0. The first kappa shape index (κ1) is 16.1. The third-order valence-corrected chi connectivity index (χ3v) is 4.88. The summed E-state index contributed by atoms with van der Waals surface area (Å²) >= 11 is 19.0. The van der Waals surface area contributed by atoms with E-state index in [-0.39, 0.29) is 12.5 Å². The second kappa shape index (κ2) is 7.00. The summed E-state index contributed by atoms with van der Waals surface area (Å²) in [7, 11) is 0. The smallest absolute Gasteiger partial charge is 0.0499 e. The van der Waals surface area contributed by atoms with E-state index in [1.54, 1.807) is 0 Å². The van der Waals surface area contributed by atoms with Crippen molar-refractivity contribution < 1.29 is 5.11 Å². The first-order valence-electron chi connectivity index (χ1n) is 6.23. The van der Waals surface area contributed by atoms with Crippen LogP contribution in [0.1, 0.15) is 37.0 Å². The summed E-state index contributed by atoms with van der Waals surface area (Å²) in [5.41, 5.74) is 2.74. The molecule has 0 aliphatic rings. The average molecular weight is 310 g/mol. The average Bonchev–Trinajstić information content (AvgIpc) is 2.37. The largest absolute Gasteiger partial charge is 0.396 e. The Bertz CT molecular complexity index is 426. The SMILES string of the molecule is CCc1c(Cl)c(C)c(Cl)c(CC(CC)CO)c1Cl. The van der Waals surface area contributed by atoms with Crippen LogP contribution in [0.4, 0.5) is 0 Å². The lowest BCUT2D eigenvalue weighted by molar-refractivity contribution is 0.222. The Morgan fingerprint density at radius 3 is 2.00 bits per heavy atom. The summed E-state index contributed by atoms with van der Waals surface area (Å²) in [5.74, 6) is 0.185. The van der Waals surface area contributed by atoms with Crippen molar-refractivity contribution in [3.63, 3.8) is 0 Å². The highest BCUT2D eigenvalue weighted by Crippen LogP contribution is 2.39. The summed E-state index contributed by atoms with van der Waals surface area (Å²) in [6.45, 7) is 6.12. The minimum absolute atomic E-state index is 0.145. The Hall–Kier alpha value is 0.0500. The molecule has 0 spiro atoms. The van der Waals surface area contributed by atoms with Crippen molar-refractivity contribution in [2.75, 3.05) is 6.61 Å². The maximum atomic E-state index is 9.31. The summed E-state index contributed by atoms with van der Waals surface area (Å²) < 4.78 is 0. The van der Waals surface area contributed by atoms with Crippen molar-refractivity contribution in [3.05, 3.63) is 31.8 Å². The lowest BCUT2D eigenvalue weighted by Crippen LogP contribution is -2.10. The van der Waals surface area contributed by atoms with Gasteiger partial charge in [-0.3, -0.25) is 0 Å². The van der Waals surface area contributed by atoms with Gasteiger partial charge in [0.25, 0.3) is 0 Å². The number of hydrogen-bond donors (Lipinski definition) is 1. The van der Waals surface area contributed by atoms with Crippen LogP contribution in [-0.4, -0.2) is 11.7 Å². The van der Waals surface area contributed by atoms with Crippen molar-refractivity contribution in [3.8, 4) is 0 Å². The van der Waals surface area contributed by atoms with E-state index < -0.39 is 0 Å². The molecule has 0 aliphatic carbocycles. The molecule has 0 saturated carbocycles. The van der Waals surface area contributed by atoms with Gasteiger partial charge in [-0.05, 0) is 42.4 Å². The molecular weight excluding hydrogens is 291 g/mol. The van der Waals surface area contributed by atoms with Crippen LogP contribution in [-0.2, 0) is 12.8 Å². The van der Waals surface area contributed by atoms with Crippen LogP contribution in [0.2, 0.25) is 15.1 Å². The molecule has 4 heteroatoms. The van der Waals surface area contributed by atoms with Crippen molar-refractivity contribution in [2.24, 2.45) is 5.92 Å². The Balaban J connectivity index is 3.30. The summed E-state index contributed by atoms with van der Waals surface area (Å²) in [6.07, 6.45) is 2.36. The van der Waals surface area contributed by atoms with Gasteiger partial charge in [-0.2, -0.15) is 0 Å². The molecule has 18 heavy (non-hydrogen) atoms. The highest BCUT2D eigenvalue weighted by molar-refractivity contribution is 6.41. The molecule has 0 radical (unpaired) electrons. The topological polar surface area (TPSA) is 20.2 Å². The molecule has 0 heterocycles. The molecule has 0 aliphatic heterocycles. The molecule has 1 N–H and O–H groups in total. The Labute approximate surface area is 124 Å². The molecule has 1 nitrogen and oxygen atoms in total. The second-order valence-corrected chi connectivity index (χ2v) is 5.67. The zero-order valence-corrected chi connectivity index (χ0v) is 13.3. The Morgan fingerprint density at radius 2 is 1.56 bits per heavy atom. The van der Waals surface area contributed by atoms with E-state index in [4.69, 9.17) is 34.8 Å². The lowest BCUT2D eigenvalue weighted by atomic mass is 9.94. The van der Waals surface area contributed by atoms with Crippen LogP contribution in [0.3, 0.4) is 0 Å². The van der Waals surface area contributed by atoms with Gasteiger partial charge in [0.15, 0.2) is 0 Å². The van der Waals surface area contributed by atoms with Gasteiger partial charge in [0.1, 0.15) is 0 Å². The monoisotopic (exact) mass is 308 g/mol. The van der Waals surface area contributed by atoms with E-state index >= 15 is 0 Å². The highest BCUT2D eigenvalue weighted by atomic mass is 35.5. The first-order valence-corrected chi connectivity index (χ1v) is 7.36. The lowest BCUT2D eigenvalue weighted by Gasteiger charge is -2.19. The van der Waals surface area contributed by atoms with Crippen molar-refractivity contribution in [1.29, 1.82) is 0 Å². The number of hydrogen-bond acceptors (Lipinski definition) is 1. The Morgan fingerprint density at radius 1 is 1.00 bits per heavy atom. The molecule has 1 atom stereocenters. The molecule has 0 saturated heterocycles. The van der Waals surface area contributed by atoms with Crippen LogP contribution >= 0.6 is 34.8 Å². The van der Waals surface area contributed by atoms with E-state index in [0.717, 1.165) is 29.5 Å². The molecule has 0 bridgehead atoms. The molecule has 1 aromatic carbocycles. The zero-order chi connectivity index (χ0) is 13.9. The van der Waals surface area contributed by atoms with Crippen LogP contribution in [0.15, 0.2) is 0 Å². The third kappa shape index (κ3) is 3.14. The molecule has 1 rings (SSSR count). The van der Waals surface area contributed by atoms with Crippen molar-refractivity contribution in [2.45, 2.75) is 40.0 Å². The molecule has 0 amide bonds. The Kier molecular flexibility index (Phi) is 6.26. The molecular formula is C14H19Cl3O. The standard InChI is InChI=1S/C14H19Cl3O/c1-4-9(7-18)6-11-13(16)8(3)12(15)10(5-2)14(11)17/h9,18H,4-7H2,1-3H3. The van der Waals surface area contributed by atoms with Gasteiger partial charge in [-0.1, -0.05) is 55.1 Å². The van der Waals surface area contributed by atoms with Gasteiger partial charge in [-0.25, -0.2) is 0 Å². The maximum absolute atomic E-state index is 9.31. The fourth-order valence-electron chi connectivity index (χ4n) is 2.04. The van der Waals surface area contributed by atoms with Gasteiger partial charge in [-0.15, -0.1) is 0 Å². The molecule has 1 aromatic rings. The minimum atomic E-state index is 0.145. The first-order chi connectivity index (χ1) is 8.47. The van der Waals surface area contributed by atoms with Gasteiger partial charge in [0, 0.05) is 21.7 Å². The normalized spacial score (nSPS) is 12.8. The quantitative estimate of drug-likeness (QED) is 0.804. The van der Waals surface area contributed by atoms with Gasteiger partial charge in [0.05, 0.1) is 0 Å². The van der Waals surface area contributed by atoms with Gasteiger partial charge >= 0.3 is 0 Å². The fourth-order valence-corrected chi connectivity index (χ4v) is 3.17. The van der Waals surface area contributed by atoms with E-state index in [9.17, 15) is 5.11 Å². The number of halogens is 3. The van der Waals surface area contributed by atoms with Crippen molar-refractivity contribution >= 4 is 34.8 Å². The number of benzene rings is 1. The zero-order valence-electron chi connectivity index (χ0n) is 11.0. The minimum Gasteiger partial charge on any atom is -0.396 e.